The van der Waals surface area contributed by atoms with Crippen molar-refractivity contribution in [1.82, 2.24) is 4.90 Å². The molecule has 0 bridgehead atoms. The molecule has 5 heteroatoms. The standard InChI is InChI=1S/C6H8ClNO3/c7-5(9)4-2-1-3-8(4)6(10)11/h4H,1-3H2,(H,10,11)/t4-/m1/s1. The van der Waals surface area contributed by atoms with E-state index in [1.165, 1.54) is 0 Å². The first-order valence-corrected chi connectivity index (χ1v) is 3.69. The van der Waals surface area contributed by atoms with E-state index in [1.807, 2.05) is 0 Å². The van der Waals surface area contributed by atoms with Crippen LogP contribution >= 0.6 is 11.6 Å². The number of carbonyl (C=O) groups is 2. The van der Waals surface area contributed by atoms with E-state index in [0.717, 1.165) is 11.3 Å². The van der Waals surface area contributed by atoms with Gasteiger partial charge in [0, 0.05) is 6.54 Å². The van der Waals surface area contributed by atoms with Gasteiger partial charge in [-0.05, 0) is 24.4 Å². The molecule has 1 heterocycles. The van der Waals surface area contributed by atoms with Gasteiger partial charge in [-0.25, -0.2) is 4.79 Å². The van der Waals surface area contributed by atoms with Crippen LogP contribution in [0.3, 0.4) is 0 Å². The van der Waals surface area contributed by atoms with E-state index >= 15 is 0 Å². The molecule has 1 aliphatic heterocycles. The second-order valence-corrected chi connectivity index (χ2v) is 2.81. The minimum absolute atomic E-state index is 0.415. The molecule has 62 valence electrons. The quantitative estimate of drug-likeness (QED) is 0.606. The zero-order chi connectivity index (χ0) is 8.43. The number of amides is 1. The van der Waals surface area contributed by atoms with Gasteiger partial charge in [0.05, 0.1) is 0 Å². The molecule has 0 spiro atoms. The van der Waals surface area contributed by atoms with Gasteiger partial charge in [-0.15, -0.1) is 0 Å². The number of hydrogen-bond donors (Lipinski definition) is 1. The third-order valence-electron chi connectivity index (χ3n) is 1.76. The summed E-state index contributed by atoms with van der Waals surface area (Å²) in [5.41, 5.74) is 0. The molecule has 0 aromatic rings. The van der Waals surface area contributed by atoms with Gasteiger partial charge < -0.3 is 5.11 Å². The van der Waals surface area contributed by atoms with Crippen LogP contribution in [0.2, 0.25) is 0 Å². The van der Waals surface area contributed by atoms with Gasteiger partial charge in [-0.3, -0.25) is 9.69 Å². The smallest absolute Gasteiger partial charge is 0.407 e. The number of carboxylic acid groups (broad SMARTS) is 1. The molecule has 0 aromatic carbocycles. The second-order valence-electron chi connectivity index (χ2n) is 2.44. The van der Waals surface area contributed by atoms with E-state index in [4.69, 9.17) is 16.7 Å². The summed E-state index contributed by atoms with van der Waals surface area (Å²) < 4.78 is 0. The van der Waals surface area contributed by atoms with E-state index in [2.05, 4.69) is 0 Å². The van der Waals surface area contributed by atoms with Gasteiger partial charge in [-0.2, -0.15) is 0 Å². The SMILES string of the molecule is O=C(Cl)[C@H]1CCCN1C(=O)O. The highest BCUT2D eigenvalue weighted by Crippen LogP contribution is 2.18. The lowest BCUT2D eigenvalue weighted by Crippen LogP contribution is -2.37. The predicted molar refractivity (Wildman–Crippen MR) is 38.6 cm³/mol. The minimum atomic E-state index is -1.07. The summed E-state index contributed by atoms with van der Waals surface area (Å²) in [7, 11) is 0. The van der Waals surface area contributed by atoms with Gasteiger partial charge in [-0.1, -0.05) is 0 Å². The van der Waals surface area contributed by atoms with Crippen LogP contribution in [0.4, 0.5) is 4.79 Å². The largest absolute Gasteiger partial charge is 0.465 e. The van der Waals surface area contributed by atoms with Crippen LogP contribution in [-0.2, 0) is 4.79 Å². The Morgan fingerprint density at radius 2 is 2.18 bits per heavy atom. The molecule has 0 aromatic heterocycles. The van der Waals surface area contributed by atoms with Crippen molar-refractivity contribution in [2.45, 2.75) is 18.9 Å². The van der Waals surface area contributed by atoms with Crippen LogP contribution in [0.1, 0.15) is 12.8 Å². The molecule has 0 saturated carbocycles. The lowest BCUT2D eigenvalue weighted by atomic mass is 10.2. The van der Waals surface area contributed by atoms with Gasteiger partial charge >= 0.3 is 6.09 Å². The summed E-state index contributed by atoms with van der Waals surface area (Å²) in [5, 5.41) is 7.97. The molecule has 11 heavy (non-hydrogen) atoms. The number of rotatable bonds is 1. The van der Waals surface area contributed by atoms with E-state index in [0.29, 0.717) is 13.0 Å². The Morgan fingerprint density at radius 1 is 1.55 bits per heavy atom. The van der Waals surface area contributed by atoms with Crippen molar-refractivity contribution < 1.29 is 14.7 Å². The third-order valence-corrected chi connectivity index (χ3v) is 2.01. The van der Waals surface area contributed by atoms with Crippen LogP contribution in [0.25, 0.3) is 0 Å². The number of nitrogens with zero attached hydrogens (tertiary/aromatic N) is 1. The van der Waals surface area contributed by atoms with Crippen molar-refractivity contribution in [2.75, 3.05) is 6.54 Å². The van der Waals surface area contributed by atoms with Crippen molar-refractivity contribution in [3.8, 4) is 0 Å². The normalized spacial score (nSPS) is 23.7. The molecule has 1 rings (SSSR count). The van der Waals surface area contributed by atoms with Crippen LogP contribution in [-0.4, -0.2) is 33.9 Å². The Morgan fingerprint density at radius 3 is 2.55 bits per heavy atom. The molecule has 1 atom stereocenters. The fourth-order valence-electron chi connectivity index (χ4n) is 1.23. The first kappa shape index (κ1) is 8.33. The molecule has 4 nitrogen and oxygen atoms in total. The summed E-state index contributed by atoms with van der Waals surface area (Å²) in [6.45, 7) is 0.415. The Bertz CT molecular complexity index is 174. The van der Waals surface area contributed by atoms with Crippen molar-refractivity contribution >= 4 is 22.9 Å². The first-order chi connectivity index (χ1) is 5.13. The topological polar surface area (TPSA) is 57.6 Å². The van der Waals surface area contributed by atoms with E-state index in [9.17, 15) is 9.59 Å². The van der Waals surface area contributed by atoms with Gasteiger partial charge in [0.1, 0.15) is 6.04 Å². The maximum absolute atomic E-state index is 10.6. The van der Waals surface area contributed by atoms with E-state index in [1.54, 1.807) is 0 Å². The van der Waals surface area contributed by atoms with Crippen LogP contribution < -0.4 is 0 Å². The maximum Gasteiger partial charge on any atom is 0.407 e. The second kappa shape index (κ2) is 3.09. The molecule has 0 unspecified atom stereocenters. The zero-order valence-corrected chi connectivity index (χ0v) is 6.54. The fourth-order valence-corrected chi connectivity index (χ4v) is 1.46. The van der Waals surface area contributed by atoms with E-state index < -0.39 is 17.4 Å². The highest BCUT2D eigenvalue weighted by atomic mass is 35.5. The lowest BCUT2D eigenvalue weighted by molar-refractivity contribution is -0.115. The molecule has 1 fully saturated rings. The molecule has 1 saturated heterocycles. The number of halogens is 1. The van der Waals surface area contributed by atoms with Crippen molar-refractivity contribution in [3.63, 3.8) is 0 Å². The van der Waals surface area contributed by atoms with Crippen molar-refractivity contribution in [2.24, 2.45) is 0 Å². The predicted octanol–water partition coefficient (Wildman–Crippen LogP) is 0.894. The monoisotopic (exact) mass is 177 g/mol. The highest BCUT2D eigenvalue weighted by Gasteiger charge is 2.32. The zero-order valence-electron chi connectivity index (χ0n) is 5.79. The van der Waals surface area contributed by atoms with Crippen LogP contribution in [0.15, 0.2) is 0 Å². The van der Waals surface area contributed by atoms with Crippen LogP contribution in [0, 0.1) is 0 Å². The van der Waals surface area contributed by atoms with Crippen LogP contribution in [0.5, 0.6) is 0 Å². The summed E-state index contributed by atoms with van der Waals surface area (Å²) in [6, 6.07) is -0.617. The summed E-state index contributed by atoms with van der Waals surface area (Å²) >= 11 is 5.18. The molecule has 1 N–H and O–H groups in total. The molecular weight excluding hydrogens is 170 g/mol. The molecule has 0 radical (unpaired) electrons. The third kappa shape index (κ3) is 1.63. The first-order valence-electron chi connectivity index (χ1n) is 3.32. The summed E-state index contributed by atoms with van der Waals surface area (Å²) in [6.07, 6.45) is 0.200. The Labute approximate surface area is 68.7 Å². The Kier molecular flexibility index (Phi) is 2.34. The number of likely N-dealkylation sites (tertiary alicyclic amines) is 1. The summed E-state index contributed by atoms with van der Waals surface area (Å²) in [5.74, 6) is 0. The van der Waals surface area contributed by atoms with Gasteiger partial charge in [0.15, 0.2) is 0 Å². The molecular formula is C6H8ClNO3. The fraction of sp³-hybridized carbons (Fsp3) is 0.667. The van der Waals surface area contributed by atoms with Gasteiger partial charge in [0.25, 0.3) is 0 Å². The average molecular weight is 178 g/mol. The molecule has 0 aliphatic carbocycles. The van der Waals surface area contributed by atoms with E-state index in [-0.39, 0.29) is 0 Å². The molecule has 1 amide bonds. The minimum Gasteiger partial charge on any atom is -0.465 e. The van der Waals surface area contributed by atoms with Crippen molar-refractivity contribution in [1.29, 1.82) is 0 Å². The number of hydrogen-bond acceptors (Lipinski definition) is 2. The molecule has 1 aliphatic rings. The van der Waals surface area contributed by atoms with Gasteiger partial charge in [0.2, 0.25) is 5.24 Å². The Hall–Kier alpha value is -0.770. The highest BCUT2D eigenvalue weighted by molar-refractivity contribution is 6.64. The Balaban J connectivity index is 2.65. The number of carbonyl (C=O) groups excluding carboxylic acids is 1. The lowest BCUT2D eigenvalue weighted by Gasteiger charge is -2.16. The van der Waals surface area contributed by atoms with Crippen molar-refractivity contribution in [3.05, 3.63) is 0 Å². The maximum atomic E-state index is 10.6. The summed E-state index contributed by atoms with van der Waals surface area (Å²) in [4.78, 5) is 22.1. The average Bonchev–Trinajstić information content (AvgIpc) is 2.32.